The minimum atomic E-state index is -4.32. The largest absolute Gasteiger partial charge is 0.408 e. The van der Waals surface area contributed by atoms with Gasteiger partial charge in [0.2, 0.25) is 0 Å². The topological polar surface area (TPSA) is 30.7 Å². The number of hydrogen-bond acceptors (Lipinski definition) is 2. The van der Waals surface area contributed by atoms with Gasteiger partial charge in [-0.05, 0) is 17.7 Å². The Kier molecular flexibility index (Phi) is 3.55. The first-order valence-corrected chi connectivity index (χ1v) is 5.56. The van der Waals surface area contributed by atoms with Gasteiger partial charge in [0.1, 0.15) is 12.4 Å². The molecule has 1 atom stereocenters. The predicted molar refractivity (Wildman–Crippen MR) is 60.0 cm³/mol. The Labute approximate surface area is 106 Å². The molecule has 2 aromatic rings. The maximum Gasteiger partial charge on any atom is 0.408 e. The normalized spacial score (nSPS) is 13.5. The summed E-state index contributed by atoms with van der Waals surface area (Å²) >= 11 is 0. The highest BCUT2D eigenvalue weighted by Gasteiger charge is 2.28. The molecule has 0 radical (unpaired) electrons. The van der Waals surface area contributed by atoms with E-state index in [-0.39, 0.29) is 0 Å². The van der Waals surface area contributed by atoms with Gasteiger partial charge in [-0.15, -0.1) is 0 Å². The molecule has 0 aliphatic rings. The van der Waals surface area contributed by atoms with Gasteiger partial charge in [-0.2, -0.15) is 18.3 Å². The molecule has 0 aromatic carbocycles. The molecule has 7 heteroatoms. The first-order valence-electron chi connectivity index (χ1n) is 5.56. The number of halogens is 4. The fraction of sp³-hybridized carbons (Fsp3) is 0.333. The van der Waals surface area contributed by atoms with Crippen LogP contribution in [0.3, 0.4) is 0 Å². The van der Waals surface area contributed by atoms with E-state index in [0.29, 0.717) is 11.3 Å². The van der Waals surface area contributed by atoms with Crippen LogP contribution in [-0.2, 0) is 6.54 Å². The highest BCUT2D eigenvalue weighted by atomic mass is 19.4. The molecule has 0 aliphatic heterocycles. The van der Waals surface area contributed by atoms with E-state index >= 15 is 0 Å². The summed E-state index contributed by atoms with van der Waals surface area (Å²) in [4.78, 5) is 3.63. The number of nitrogens with zero attached hydrogens (tertiary/aromatic N) is 3. The smallest absolute Gasteiger partial charge is 0.263 e. The molecule has 0 amide bonds. The fourth-order valence-electron chi connectivity index (χ4n) is 1.78. The highest BCUT2D eigenvalue weighted by Crippen LogP contribution is 2.25. The summed E-state index contributed by atoms with van der Waals surface area (Å²) in [6.07, 6.45) is -0.590. The van der Waals surface area contributed by atoms with Crippen LogP contribution in [-0.4, -0.2) is 20.9 Å². The molecule has 19 heavy (non-hydrogen) atoms. The second-order valence-electron chi connectivity index (χ2n) is 4.17. The van der Waals surface area contributed by atoms with Crippen molar-refractivity contribution in [2.75, 3.05) is 0 Å². The van der Waals surface area contributed by atoms with Crippen molar-refractivity contribution >= 4 is 0 Å². The van der Waals surface area contributed by atoms with Gasteiger partial charge >= 0.3 is 6.18 Å². The second-order valence-corrected chi connectivity index (χ2v) is 4.17. The van der Waals surface area contributed by atoms with E-state index in [9.17, 15) is 17.6 Å². The van der Waals surface area contributed by atoms with Crippen LogP contribution in [0.25, 0.3) is 0 Å². The number of rotatable bonds is 3. The molecular weight excluding hydrogens is 262 g/mol. The van der Waals surface area contributed by atoms with Crippen molar-refractivity contribution in [3.8, 4) is 0 Å². The Bertz CT molecular complexity index is 562. The molecule has 0 saturated carbocycles. The summed E-state index contributed by atoms with van der Waals surface area (Å²) in [7, 11) is 0. The van der Waals surface area contributed by atoms with Crippen LogP contribution >= 0.6 is 0 Å². The van der Waals surface area contributed by atoms with Gasteiger partial charge in [-0.1, -0.05) is 6.92 Å². The Hall–Kier alpha value is -1.92. The molecule has 3 nitrogen and oxygen atoms in total. The van der Waals surface area contributed by atoms with E-state index in [1.165, 1.54) is 24.5 Å². The van der Waals surface area contributed by atoms with Crippen LogP contribution in [0.2, 0.25) is 0 Å². The summed E-state index contributed by atoms with van der Waals surface area (Å²) in [6.45, 7) is 0.525. The second kappa shape index (κ2) is 4.99. The lowest BCUT2D eigenvalue weighted by molar-refractivity contribution is -0.142. The van der Waals surface area contributed by atoms with Crippen LogP contribution < -0.4 is 0 Å². The quantitative estimate of drug-likeness (QED) is 0.804. The summed E-state index contributed by atoms with van der Waals surface area (Å²) in [5.41, 5.74) is 0.738. The van der Waals surface area contributed by atoms with Gasteiger partial charge in [-0.25, -0.2) is 4.39 Å². The zero-order chi connectivity index (χ0) is 14.0. The van der Waals surface area contributed by atoms with Crippen LogP contribution in [0.5, 0.6) is 0 Å². The molecule has 0 N–H and O–H groups in total. The number of hydrogen-bond donors (Lipinski definition) is 0. The summed E-state index contributed by atoms with van der Waals surface area (Å²) < 4.78 is 51.0. The molecular formula is C12H11F4N3. The van der Waals surface area contributed by atoms with Crippen molar-refractivity contribution in [1.82, 2.24) is 14.8 Å². The summed E-state index contributed by atoms with van der Waals surface area (Å²) in [5, 5.41) is 3.82. The van der Waals surface area contributed by atoms with Crippen molar-refractivity contribution < 1.29 is 17.6 Å². The summed E-state index contributed by atoms with van der Waals surface area (Å²) in [5.74, 6) is -0.933. The molecule has 0 spiro atoms. The monoisotopic (exact) mass is 273 g/mol. The first-order chi connectivity index (χ1) is 8.87. The Balaban J connectivity index is 2.21. The van der Waals surface area contributed by atoms with E-state index in [4.69, 9.17) is 0 Å². The van der Waals surface area contributed by atoms with Gasteiger partial charge in [0.25, 0.3) is 0 Å². The van der Waals surface area contributed by atoms with Crippen LogP contribution in [0, 0.1) is 5.82 Å². The number of pyridine rings is 1. The molecule has 0 unspecified atom stereocenters. The zero-order valence-corrected chi connectivity index (χ0v) is 10.0. The molecule has 0 aliphatic carbocycles. The molecule has 2 rings (SSSR count). The van der Waals surface area contributed by atoms with Gasteiger partial charge in [0.15, 0.2) is 0 Å². The zero-order valence-electron chi connectivity index (χ0n) is 10.0. The standard InChI is InChI=1S/C12H11F4N3/c1-8(9-2-4-17-6-10(9)13)11-3-5-19(18-11)7-12(14,15)16/h2-6,8H,7H2,1H3/t8-/m0/s1. The highest BCUT2D eigenvalue weighted by molar-refractivity contribution is 5.26. The maximum atomic E-state index is 13.5. The van der Waals surface area contributed by atoms with Gasteiger partial charge in [0, 0.05) is 18.3 Å². The minimum Gasteiger partial charge on any atom is -0.263 e. The first kappa shape index (κ1) is 13.5. The third-order valence-corrected chi connectivity index (χ3v) is 2.72. The van der Waals surface area contributed by atoms with Gasteiger partial charge in [0.05, 0.1) is 11.9 Å². The third-order valence-electron chi connectivity index (χ3n) is 2.72. The number of aromatic nitrogens is 3. The van der Waals surface area contributed by atoms with E-state index < -0.39 is 24.5 Å². The van der Waals surface area contributed by atoms with Crippen LogP contribution in [0.1, 0.15) is 24.1 Å². The van der Waals surface area contributed by atoms with Crippen molar-refractivity contribution in [2.45, 2.75) is 25.6 Å². The molecule has 2 aromatic heterocycles. The number of alkyl halides is 3. The van der Waals surface area contributed by atoms with Crippen molar-refractivity contribution in [3.05, 3.63) is 47.8 Å². The van der Waals surface area contributed by atoms with E-state index in [1.54, 1.807) is 6.92 Å². The Morgan fingerprint density at radius 2 is 2.05 bits per heavy atom. The third kappa shape index (κ3) is 3.30. The van der Waals surface area contributed by atoms with E-state index in [0.717, 1.165) is 10.9 Å². The fourth-order valence-corrected chi connectivity index (χ4v) is 1.78. The van der Waals surface area contributed by atoms with Crippen molar-refractivity contribution in [1.29, 1.82) is 0 Å². The van der Waals surface area contributed by atoms with Gasteiger partial charge < -0.3 is 0 Å². The average molecular weight is 273 g/mol. The molecule has 0 saturated heterocycles. The van der Waals surface area contributed by atoms with Crippen LogP contribution in [0.15, 0.2) is 30.7 Å². The Morgan fingerprint density at radius 3 is 2.68 bits per heavy atom. The van der Waals surface area contributed by atoms with Crippen molar-refractivity contribution in [2.24, 2.45) is 0 Å². The average Bonchev–Trinajstić information content (AvgIpc) is 2.75. The van der Waals surface area contributed by atoms with E-state index in [2.05, 4.69) is 10.1 Å². The summed E-state index contributed by atoms with van der Waals surface area (Å²) in [6, 6.07) is 2.94. The Morgan fingerprint density at radius 1 is 1.32 bits per heavy atom. The predicted octanol–water partition coefficient (Wildman–Crippen LogP) is 3.13. The molecule has 0 fully saturated rings. The lowest BCUT2D eigenvalue weighted by atomic mass is 9.99. The minimum absolute atomic E-state index is 0.354. The van der Waals surface area contributed by atoms with Crippen LogP contribution in [0.4, 0.5) is 17.6 Å². The lowest BCUT2D eigenvalue weighted by Crippen LogP contribution is -2.18. The van der Waals surface area contributed by atoms with Crippen molar-refractivity contribution in [3.63, 3.8) is 0 Å². The maximum absolute atomic E-state index is 13.5. The molecule has 0 bridgehead atoms. The molecule has 102 valence electrons. The van der Waals surface area contributed by atoms with E-state index in [1.807, 2.05) is 0 Å². The van der Waals surface area contributed by atoms with Gasteiger partial charge in [-0.3, -0.25) is 9.67 Å². The lowest BCUT2D eigenvalue weighted by Gasteiger charge is -2.10. The SMILES string of the molecule is C[C@H](c1ccn(CC(F)(F)F)n1)c1ccncc1F. The molecule has 2 heterocycles.